The SMILES string of the molecule is CCc1cccc(-c2cc(NC(=O)C3(c4ccc(O)c(O)c4)CC3)cc(C(F)(F)F)c2)c1. The Morgan fingerprint density at radius 3 is 2.34 bits per heavy atom. The predicted molar refractivity (Wildman–Crippen MR) is 116 cm³/mol. The van der Waals surface area contributed by atoms with Gasteiger partial charge in [0.2, 0.25) is 5.91 Å². The van der Waals surface area contributed by atoms with Crippen molar-refractivity contribution in [1.82, 2.24) is 0 Å². The van der Waals surface area contributed by atoms with Gasteiger partial charge >= 0.3 is 6.18 Å². The zero-order valence-electron chi connectivity index (χ0n) is 17.3. The number of phenolic OH excluding ortho intramolecular Hbond substituents is 2. The van der Waals surface area contributed by atoms with Crippen LogP contribution in [-0.2, 0) is 22.8 Å². The topological polar surface area (TPSA) is 69.6 Å². The molecule has 0 atom stereocenters. The third kappa shape index (κ3) is 4.15. The highest BCUT2D eigenvalue weighted by Crippen LogP contribution is 2.50. The van der Waals surface area contributed by atoms with E-state index in [2.05, 4.69) is 5.32 Å². The number of hydrogen-bond donors (Lipinski definition) is 3. The lowest BCUT2D eigenvalue weighted by Crippen LogP contribution is -2.28. The summed E-state index contributed by atoms with van der Waals surface area (Å²) in [6.07, 6.45) is -2.84. The number of anilines is 1. The van der Waals surface area contributed by atoms with Crippen molar-refractivity contribution >= 4 is 11.6 Å². The summed E-state index contributed by atoms with van der Waals surface area (Å²) in [5.41, 5.74) is 0.757. The first kappa shape index (κ1) is 21.7. The maximum absolute atomic E-state index is 13.6. The zero-order valence-corrected chi connectivity index (χ0v) is 17.3. The van der Waals surface area contributed by atoms with Crippen molar-refractivity contribution in [3.8, 4) is 22.6 Å². The molecule has 0 aliphatic heterocycles. The van der Waals surface area contributed by atoms with E-state index in [0.717, 1.165) is 24.1 Å². The van der Waals surface area contributed by atoms with Gasteiger partial charge in [-0.15, -0.1) is 0 Å². The molecule has 0 bridgehead atoms. The smallest absolute Gasteiger partial charge is 0.416 e. The highest BCUT2D eigenvalue weighted by Gasteiger charge is 2.51. The molecular weight excluding hydrogens is 419 g/mol. The second-order valence-corrected chi connectivity index (χ2v) is 8.09. The van der Waals surface area contributed by atoms with E-state index in [0.29, 0.717) is 29.5 Å². The quantitative estimate of drug-likeness (QED) is 0.424. The van der Waals surface area contributed by atoms with Gasteiger partial charge in [0.25, 0.3) is 0 Å². The summed E-state index contributed by atoms with van der Waals surface area (Å²) in [6, 6.07) is 15.0. The summed E-state index contributed by atoms with van der Waals surface area (Å²) < 4.78 is 40.7. The van der Waals surface area contributed by atoms with Crippen LogP contribution in [0.4, 0.5) is 18.9 Å². The lowest BCUT2D eigenvalue weighted by Gasteiger charge is -2.18. The Morgan fingerprint density at radius 2 is 1.72 bits per heavy atom. The third-order valence-electron chi connectivity index (χ3n) is 5.90. The van der Waals surface area contributed by atoms with Crippen molar-refractivity contribution in [2.45, 2.75) is 37.8 Å². The molecule has 0 saturated heterocycles. The van der Waals surface area contributed by atoms with Crippen LogP contribution < -0.4 is 5.32 Å². The number of carbonyl (C=O) groups is 1. The lowest BCUT2D eigenvalue weighted by molar-refractivity contribution is -0.137. The van der Waals surface area contributed by atoms with E-state index in [-0.39, 0.29) is 17.2 Å². The maximum atomic E-state index is 13.6. The standard InChI is InChI=1S/C25H22F3NO3/c1-2-15-4-3-5-16(10-15)17-11-19(25(26,27)28)13-20(12-17)29-23(32)24(8-9-24)18-6-7-21(30)22(31)14-18/h3-7,10-14,30-31H,2,8-9H2,1H3,(H,29,32). The number of rotatable bonds is 5. The molecule has 166 valence electrons. The molecule has 3 N–H and O–H groups in total. The van der Waals surface area contributed by atoms with Gasteiger partial charge in [-0.05, 0) is 71.8 Å². The minimum atomic E-state index is -4.57. The zero-order chi connectivity index (χ0) is 23.1. The molecular formula is C25H22F3NO3. The average molecular weight is 441 g/mol. The van der Waals surface area contributed by atoms with Crippen LogP contribution in [0.5, 0.6) is 11.5 Å². The van der Waals surface area contributed by atoms with Gasteiger partial charge < -0.3 is 15.5 Å². The summed E-state index contributed by atoms with van der Waals surface area (Å²) in [5, 5.41) is 22.0. The average Bonchev–Trinajstić information content (AvgIpc) is 3.57. The molecule has 3 aromatic carbocycles. The van der Waals surface area contributed by atoms with Crippen molar-refractivity contribution in [2.24, 2.45) is 0 Å². The van der Waals surface area contributed by atoms with E-state index < -0.39 is 23.1 Å². The number of alkyl halides is 3. The second-order valence-electron chi connectivity index (χ2n) is 8.09. The number of phenols is 2. The van der Waals surface area contributed by atoms with Crippen molar-refractivity contribution in [2.75, 3.05) is 5.32 Å². The number of benzene rings is 3. The van der Waals surface area contributed by atoms with Gasteiger partial charge in [-0.3, -0.25) is 4.79 Å². The van der Waals surface area contributed by atoms with Crippen molar-refractivity contribution in [3.05, 3.63) is 77.4 Å². The molecule has 0 radical (unpaired) electrons. The van der Waals surface area contributed by atoms with Gasteiger partial charge in [-0.1, -0.05) is 37.3 Å². The number of halogens is 3. The molecule has 1 aliphatic carbocycles. The van der Waals surface area contributed by atoms with E-state index in [4.69, 9.17) is 0 Å². The summed E-state index contributed by atoms with van der Waals surface area (Å²) >= 11 is 0. The van der Waals surface area contributed by atoms with E-state index in [1.165, 1.54) is 24.3 Å². The number of carbonyl (C=O) groups excluding carboxylic acids is 1. The molecule has 1 aliphatic rings. The van der Waals surface area contributed by atoms with Crippen molar-refractivity contribution < 1.29 is 28.2 Å². The second kappa shape index (κ2) is 7.89. The van der Waals surface area contributed by atoms with Crippen LogP contribution in [-0.4, -0.2) is 16.1 Å². The normalized spacial score (nSPS) is 14.8. The van der Waals surface area contributed by atoms with E-state index >= 15 is 0 Å². The van der Waals surface area contributed by atoms with Crippen LogP contribution in [0.1, 0.15) is 36.5 Å². The fraction of sp³-hybridized carbons (Fsp3) is 0.240. The number of hydrogen-bond acceptors (Lipinski definition) is 3. The number of aryl methyl sites for hydroxylation is 1. The molecule has 32 heavy (non-hydrogen) atoms. The maximum Gasteiger partial charge on any atom is 0.416 e. The monoisotopic (exact) mass is 441 g/mol. The first-order valence-corrected chi connectivity index (χ1v) is 10.3. The van der Waals surface area contributed by atoms with E-state index in [9.17, 15) is 28.2 Å². The first-order valence-electron chi connectivity index (χ1n) is 10.3. The summed E-state index contributed by atoms with van der Waals surface area (Å²) in [5.74, 6) is -1.10. The van der Waals surface area contributed by atoms with Crippen LogP contribution in [0, 0.1) is 0 Å². The minimum Gasteiger partial charge on any atom is -0.504 e. The summed E-state index contributed by atoms with van der Waals surface area (Å²) in [7, 11) is 0. The Balaban J connectivity index is 1.70. The van der Waals surface area contributed by atoms with Gasteiger partial charge in [0.15, 0.2) is 11.5 Å². The molecule has 1 fully saturated rings. The van der Waals surface area contributed by atoms with Gasteiger partial charge in [0.1, 0.15) is 0 Å². The molecule has 4 nitrogen and oxygen atoms in total. The van der Waals surface area contributed by atoms with Crippen LogP contribution >= 0.6 is 0 Å². The molecule has 7 heteroatoms. The largest absolute Gasteiger partial charge is 0.504 e. The molecule has 0 aromatic heterocycles. The molecule has 1 amide bonds. The molecule has 1 saturated carbocycles. The van der Waals surface area contributed by atoms with Gasteiger partial charge in [-0.25, -0.2) is 0 Å². The number of aromatic hydroxyl groups is 2. The van der Waals surface area contributed by atoms with Crippen LogP contribution in [0.25, 0.3) is 11.1 Å². The number of amides is 1. The molecule has 0 heterocycles. The first-order chi connectivity index (χ1) is 15.1. The highest BCUT2D eigenvalue weighted by atomic mass is 19.4. The van der Waals surface area contributed by atoms with Crippen LogP contribution in [0.3, 0.4) is 0 Å². The molecule has 3 aromatic rings. The highest BCUT2D eigenvalue weighted by molar-refractivity contribution is 6.02. The van der Waals surface area contributed by atoms with Gasteiger partial charge in [0, 0.05) is 5.69 Å². The summed E-state index contributed by atoms with van der Waals surface area (Å²) in [6.45, 7) is 1.97. The predicted octanol–water partition coefficient (Wildman–Crippen LogP) is 6.02. The Labute approximate surface area is 183 Å². The van der Waals surface area contributed by atoms with E-state index in [1.807, 2.05) is 19.1 Å². The fourth-order valence-corrected chi connectivity index (χ4v) is 3.84. The summed E-state index contributed by atoms with van der Waals surface area (Å²) in [4.78, 5) is 13.1. The fourth-order valence-electron chi connectivity index (χ4n) is 3.84. The van der Waals surface area contributed by atoms with Crippen LogP contribution in [0.2, 0.25) is 0 Å². The number of nitrogens with one attached hydrogen (secondary N) is 1. The Kier molecular flexibility index (Phi) is 5.36. The van der Waals surface area contributed by atoms with Crippen LogP contribution in [0.15, 0.2) is 60.7 Å². The Bertz CT molecular complexity index is 1180. The Morgan fingerprint density at radius 1 is 0.969 bits per heavy atom. The third-order valence-corrected chi connectivity index (χ3v) is 5.90. The lowest BCUT2D eigenvalue weighted by atomic mass is 9.94. The van der Waals surface area contributed by atoms with E-state index in [1.54, 1.807) is 12.1 Å². The minimum absolute atomic E-state index is 0.0519. The molecule has 4 rings (SSSR count). The Hall–Kier alpha value is -3.48. The van der Waals surface area contributed by atoms with Gasteiger partial charge in [-0.2, -0.15) is 13.2 Å². The van der Waals surface area contributed by atoms with Crippen molar-refractivity contribution in [1.29, 1.82) is 0 Å². The van der Waals surface area contributed by atoms with Gasteiger partial charge in [0.05, 0.1) is 11.0 Å². The molecule has 0 spiro atoms. The molecule has 0 unspecified atom stereocenters. The van der Waals surface area contributed by atoms with Crippen molar-refractivity contribution in [3.63, 3.8) is 0 Å².